The number of benzene rings is 2. The molecule has 0 unspecified atom stereocenters. The number of nitrogens with one attached hydrogen (secondary N) is 2. The first-order chi connectivity index (χ1) is 15.8. The highest BCUT2D eigenvalue weighted by Crippen LogP contribution is 2.33. The van der Waals surface area contributed by atoms with Crippen LogP contribution in [0.15, 0.2) is 73.1 Å². The van der Waals surface area contributed by atoms with E-state index in [9.17, 15) is 18.0 Å². The molecule has 0 fully saturated rings. The number of rotatable bonds is 4. The number of carbonyl (C=O) groups excluding carboxylic acids is 1. The zero-order valence-corrected chi connectivity index (χ0v) is 17.6. The van der Waals surface area contributed by atoms with Crippen molar-refractivity contribution < 1.29 is 18.0 Å². The highest BCUT2D eigenvalue weighted by molar-refractivity contribution is 6.07. The molecule has 0 saturated carbocycles. The lowest BCUT2D eigenvalue weighted by Gasteiger charge is -2.12. The Balaban J connectivity index is 1.57. The zero-order valence-electron chi connectivity index (χ0n) is 17.6. The van der Waals surface area contributed by atoms with Gasteiger partial charge in [0.25, 0.3) is 5.91 Å². The zero-order chi connectivity index (χ0) is 23.2. The van der Waals surface area contributed by atoms with E-state index >= 15 is 0 Å². The monoisotopic (exact) mass is 448 g/mol. The lowest BCUT2D eigenvalue weighted by Crippen LogP contribution is -2.17. The van der Waals surface area contributed by atoms with Crippen LogP contribution in [0.3, 0.4) is 0 Å². The van der Waals surface area contributed by atoms with Crippen LogP contribution >= 0.6 is 0 Å². The van der Waals surface area contributed by atoms with Crippen molar-refractivity contribution >= 4 is 33.5 Å². The van der Waals surface area contributed by atoms with Crippen molar-refractivity contribution in [2.75, 3.05) is 5.32 Å². The summed E-state index contributed by atoms with van der Waals surface area (Å²) in [7, 11) is 0. The summed E-state index contributed by atoms with van der Waals surface area (Å²) in [6.45, 7) is 2.30. The Bertz CT molecular complexity index is 1500. The van der Waals surface area contributed by atoms with E-state index in [2.05, 4.69) is 15.3 Å². The molecule has 3 aromatic heterocycles. The molecule has 33 heavy (non-hydrogen) atoms. The molecule has 2 N–H and O–H groups in total. The number of nitrogens with zero attached hydrogens (tertiary/aromatic N) is 2. The number of amides is 1. The third-order valence-electron chi connectivity index (χ3n) is 5.54. The molecule has 5 nitrogen and oxygen atoms in total. The van der Waals surface area contributed by atoms with Crippen LogP contribution in [0.1, 0.15) is 27.2 Å². The van der Waals surface area contributed by atoms with Crippen LogP contribution in [0, 0.1) is 6.92 Å². The minimum atomic E-state index is -4.47. The molecule has 0 saturated heterocycles. The number of alkyl halides is 3. The van der Waals surface area contributed by atoms with E-state index in [0.717, 1.165) is 28.6 Å². The summed E-state index contributed by atoms with van der Waals surface area (Å²) in [6, 6.07) is 16.4. The quantitative estimate of drug-likeness (QED) is 0.347. The van der Waals surface area contributed by atoms with Crippen LogP contribution in [-0.4, -0.2) is 20.4 Å². The van der Waals surface area contributed by atoms with Gasteiger partial charge in [-0.2, -0.15) is 13.2 Å². The highest BCUT2D eigenvalue weighted by Gasteiger charge is 2.31. The molecule has 5 rings (SSSR count). The predicted molar refractivity (Wildman–Crippen MR) is 121 cm³/mol. The van der Waals surface area contributed by atoms with Crippen molar-refractivity contribution in [1.29, 1.82) is 0 Å². The second-order valence-corrected chi connectivity index (χ2v) is 7.97. The predicted octanol–water partition coefficient (Wildman–Crippen LogP) is 6.15. The third kappa shape index (κ3) is 4.07. The molecule has 166 valence electrons. The summed E-state index contributed by atoms with van der Waals surface area (Å²) in [5.74, 6) is -0.427. The van der Waals surface area contributed by atoms with Crippen molar-refractivity contribution in [3.8, 4) is 0 Å². The number of halogens is 3. The first kappa shape index (κ1) is 20.8. The number of anilines is 1. The Morgan fingerprint density at radius 2 is 1.91 bits per heavy atom. The number of aryl methyl sites for hydroxylation is 1. The SMILES string of the molecule is Cc1cccc(Cn2c(C(=O)Nc3cnc4[nH]ccc4c3)cc3cc(C(F)(F)F)ccc32)c1. The molecule has 0 aliphatic heterocycles. The number of hydrogen-bond acceptors (Lipinski definition) is 2. The van der Waals surface area contributed by atoms with Gasteiger partial charge in [-0.05, 0) is 48.9 Å². The fourth-order valence-electron chi connectivity index (χ4n) is 4.00. The van der Waals surface area contributed by atoms with Crippen molar-refractivity contribution in [2.45, 2.75) is 19.6 Å². The Hall–Kier alpha value is -4.07. The minimum absolute atomic E-state index is 0.264. The van der Waals surface area contributed by atoms with Gasteiger partial charge < -0.3 is 14.9 Å². The summed E-state index contributed by atoms with van der Waals surface area (Å²) >= 11 is 0. The third-order valence-corrected chi connectivity index (χ3v) is 5.54. The standard InChI is InChI=1S/C25H19F3N4O/c1-15-3-2-4-16(9-15)14-32-21-6-5-19(25(26,27)28)10-18(21)12-22(32)24(33)31-20-11-17-7-8-29-23(17)30-13-20/h2-13H,14H2,1H3,(H,29,30)(H,31,33). The maximum atomic E-state index is 13.3. The molecule has 0 aliphatic carbocycles. The number of H-pyrrole nitrogens is 1. The van der Waals surface area contributed by atoms with Gasteiger partial charge in [0.05, 0.1) is 17.4 Å². The molecule has 0 radical (unpaired) electrons. The van der Waals surface area contributed by atoms with E-state index in [1.54, 1.807) is 16.8 Å². The van der Waals surface area contributed by atoms with E-state index in [1.165, 1.54) is 18.3 Å². The molecule has 3 heterocycles. The summed E-state index contributed by atoms with van der Waals surface area (Å²) in [6.07, 6.45) is -1.18. The topological polar surface area (TPSA) is 62.7 Å². The molecule has 0 spiro atoms. The first-order valence-corrected chi connectivity index (χ1v) is 10.3. The Morgan fingerprint density at radius 3 is 2.70 bits per heavy atom. The Kier molecular flexibility index (Phi) is 4.92. The summed E-state index contributed by atoms with van der Waals surface area (Å²) in [5, 5.41) is 4.01. The van der Waals surface area contributed by atoms with Crippen molar-refractivity contribution in [3.05, 3.63) is 95.4 Å². The summed E-state index contributed by atoms with van der Waals surface area (Å²) in [5.41, 5.74) is 3.25. The molecule has 5 aromatic rings. The Morgan fingerprint density at radius 1 is 1.06 bits per heavy atom. The first-order valence-electron chi connectivity index (χ1n) is 10.3. The molecule has 0 atom stereocenters. The average Bonchev–Trinajstić information content (AvgIpc) is 3.37. The van der Waals surface area contributed by atoms with E-state index < -0.39 is 17.6 Å². The Labute approximate surface area is 186 Å². The molecule has 8 heteroatoms. The van der Waals surface area contributed by atoms with E-state index in [0.29, 0.717) is 28.8 Å². The van der Waals surface area contributed by atoms with Crippen LogP contribution in [0.5, 0.6) is 0 Å². The summed E-state index contributed by atoms with van der Waals surface area (Å²) < 4.78 is 41.5. The van der Waals surface area contributed by atoms with Gasteiger partial charge in [0.15, 0.2) is 0 Å². The van der Waals surface area contributed by atoms with Gasteiger partial charge in [-0.25, -0.2) is 4.98 Å². The van der Waals surface area contributed by atoms with Crippen LogP contribution < -0.4 is 5.32 Å². The molecular weight excluding hydrogens is 429 g/mol. The highest BCUT2D eigenvalue weighted by atomic mass is 19.4. The van der Waals surface area contributed by atoms with Crippen LogP contribution in [0.2, 0.25) is 0 Å². The molecule has 1 amide bonds. The molecule has 0 bridgehead atoms. The van der Waals surface area contributed by atoms with Gasteiger partial charge in [0.2, 0.25) is 0 Å². The normalized spacial score (nSPS) is 11.9. The smallest absolute Gasteiger partial charge is 0.346 e. The van der Waals surface area contributed by atoms with E-state index in [4.69, 9.17) is 0 Å². The van der Waals surface area contributed by atoms with Gasteiger partial charge in [-0.3, -0.25) is 4.79 Å². The molecular formula is C25H19F3N4O. The van der Waals surface area contributed by atoms with Crippen molar-refractivity contribution in [1.82, 2.24) is 14.5 Å². The fourth-order valence-corrected chi connectivity index (χ4v) is 4.00. The van der Waals surface area contributed by atoms with Gasteiger partial charge in [0, 0.05) is 29.0 Å². The van der Waals surface area contributed by atoms with Crippen LogP contribution in [-0.2, 0) is 12.7 Å². The largest absolute Gasteiger partial charge is 0.416 e. The van der Waals surface area contributed by atoms with E-state index in [1.807, 2.05) is 37.3 Å². The maximum absolute atomic E-state index is 13.3. The van der Waals surface area contributed by atoms with Gasteiger partial charge >= 0.3 is 6.18 Å². The van der Waals surface area contributed by atoms with Crippen molar-refractivity contribution in [2.24, 2.45) is 0 Å². The van der Waals surface area contributed by atoms with Crippen LogP contribution in [0.25, 0.3) is 21.9 Å². The average molecular weight is 448 g/mol. The number of fused-ring (bicyclic) bond motifs is 2. The number of aromatic nitrogens is 3. The number of carbonyl (C=O) groups is 1. The van der Waals surface area contributed by atoms with E-state index in [-0.39, 0.29) is 5.69 Å². The van der Waals surface area contributed by atoms with Gasteiger partial charge in [0.1, 0.15) is 11.3 Å². The molecule has 0 aliphatic rings. The van der Waals surface area contributed by atoms with Crippen molar-refractivity contribution in [3.63, 3.8) is 0 Å². The fraction of sp³-hybridized carbons (Fsp3) is 0.120. The number of aromatic amines is 1. The number of hydrogen-bond donors (Lipinski definition) is 2. The summed E-state index contributed by atoms with van der Waals surface area (Å²) in [4.78, 5) is 20.5. The lowest BCUT2D eigenvalue weighted by atomic mass is 10.1. The van der Waals surface area contributed by atoms with Gasteiger partial charge in [-0.15, -0.1) is 0 Å². The van der Waals surface area contributed by atoms with Crippen LogP contribution in [0.4, 0.5) is 18.9 Å². The lowest BCUT2D eigenvalue weighted by molar-refractivity contribution is -0.137. The second-order valence-electron chi connectivity index (χ2n) is 7.97. The van der Waals surface area contributed by atoms with Gasteiger partial charge in [-0.1, -0.05) is 29.8 Å². The number of pyridine rings is 1. The second kappa shape index (κ2) is 7.81. The maximum Gasteiger partial charge on any atom is 0.416 e. The minimum Gasteiger partial charge on any atom is -0.346 e. The molecule has 2 aromatic carbocycles.